The summed E-state index contributed by atoms with van der Waals surface area (Å²) in [4.78, 5) is 11.3. The van der Waals surface area contributed by atoms with E-state index >= 15 is 0 Å². The molecule has 0 aromatic carbocycles. The molecule has 0 bridgehead atoms. The van der Waals surface area contributed by atoms with E-state index in [0.29, 0.717) is 0 Å². The Morgan fingerprint density at radius 1 is 1.50 bits per heavy atom. The van der Waals surface area contributed by atoms with Crippen LogP contribution in [0.4, 0.5) is 8.78 Å². The lowest BCUT2D eigenvalue weighted by Crippen LogP contribution is -2.40. The summed E-state index contributed by atoms with van der Waals surface area (Å²) < 4.78 is 25.1. The number of thioether (sulfide) groups is 1. The van der Waals surface area contributed by atoms with E-state index in [-0.39, 0.29) is 12.5 Å². The summed E-state index contributed by atoms with van der Waals surface area (Å²) in [6.45, 7) is 0. The Balaban J connectivity index is 1.77. The first-order valence-corrected chi connectivity index (χ1v) is 6.01. The minimum absolute atomic E-state index is 0.109. The van der Waals surface area contributed by atoms with Crippen molar-refractivity contribution in [1.82, 2.24) is 5.32 Å². The third-order valence-electron chi connectivity index (χ3n) is 2.65. The third kappa shape index (κ3) is 2.19. The van der Waals surface area contributed by atoms with Gasteiger partial charge in [0.2, 0.25) is 5.91 Å². The molecule has 80 valence electrons. The number of hydrogen-bond acceptors (Lipinski definition) is 2. The van der Waals surface area contributed by atoms with Crippen LogP contribution in [0.5, 0.6) is 0 Å². The van der Waals surface area contributed by atoms with Crippen LogP contribution >= 0.6 is 11.8 Å². The van der Waals surface area contributed by atoms with Crippen molar-refractivity contribution >= 4 is 17.7 Å². The molecule has 2 atom stereocenters. The molecule has 1 heterocycles. The molecule has 1 saturated heterocycles. The van der Waals surface area contributed by atoms with Crippen LogP contribution in [0.2, 0.25) is 0 Å². The summed E-state index contributed by atoms with van der Waals surface area (Å²) >= 11 is 1.77. The summed E-state index contributed by atoms with van der Waals surface area (Å²) in [6.07, 6.45) is 1.73. The molecule has 2 fully saturated rings. The normalized spacial score (nSPS) is 35.0. The van der Waals surface area contributed by atoms with Crippen LogP contribution in [0, 0.1) is 5.92 Å². The van der Waals surface area contributed by atoms with Crippen molar-refractivity contribution in [1.29, 1.82) is 0 Å². The van der Waals surface area contributed by atoms with E-state index in [2.05, 4.69) is 5.32 Å². The Labute approximate surface area is 85.8 Å². The number of carbonyl (C=O) groups excluding carboxylic acids is 1. The van der Waals surface area contributed by atoms with E-state index in [4.69, 9.17) is 0 Å². The Morgan fingerprint density at radius 3 is 2.71 bits per heavy atom. The molecule has 1 amide bonds. The van der Waals surface area contributed by atoms with Crippen LogP contribution in [0.3, 0.4) is 0 Å². The molecule has 0 radical (unpaired) electrons. The summed E-state index contributed by atoms with van der Waals surface area (Å²) in [7, 11) is 0. The topological polar surface area (TPSA) is 29.1 Å². The molecule has 1 N–H and O–H groups in total. The molecule has 2 nitrogen and oxygen atoms in total. The van der Waals surface area contributed by atoms with Gasteiger partial charge in [-0.2, -0.15) is 11.8 Å². The van der Waals surface area contributed by atoms with E-state index in [9.17, 15) is 13.6 Å². The number of rotatable bonds is 2. The summed E-state index contributed by atoms with van der Waals surface area (Å²) in [5.41, 5.74) is 0. The molecule has 1 saturated carbocycles. The molecule has 1 aliphatic carbocycles. The molecule has 2 aliphatic rings. The number of halogens is 2. The van der Waals surface area contributed by atoms with Crippen LogP contribution in [-0.2, 0) is 4.79 Å². The van der Waals surface area contributed by atoms with Crippen molar-refractivity contribution < 1.29 is 13.6 Å². The molecule has 0 spiro atoms. The quantitative estimate of drug-likeness (QED) is 0.768. The van der Waals surface area contributed by atoms with E-state index in [0.717, 1.165) is 24.3 Å². The highest BCUT2D eigenvalue weighted by atomic mass is 32.2. The van der Waals surface area contributed by atoms with Crippen molar-refractivity contribution in [3.63, 3.8) is 0 Å². The maximum Gasteiger partial charge on any atom is 0.260 e. The lowest BCUT2D eigenvalue weighted by molar-refractivity contribution is -0.125. The molecule has 2 rings (SSSR count). The van der Waals surface area contributed by atoms with Crippen molar-refractivity contribution in [2.45, 2.75) is 31.2 Å². The first-order chi connectivity index (χ1) is 6.59. The third-order valence-corrected chi connectivity index (χ3v) is 3.86. The molecule has 14 heavy (non-hydrogen) atoms. The molecular formula is C9H13F2NOS. The van der Waals surface area contributed by atoms with Gasteiger partial charge in [0.05, 0.1) is 0 Å². The van der Waals surface area contributed by atoms with Gasteiger partial charge in [-0.05, 0) is 18.6 Å². The van der Waals surface area contributed by atoms with Crippen LogP contribution < -0.4 is 5.32 Å². The molecule has 0 unspecified atom stereocenters. The van der Waals surface area contributed by atoms with Crippen molar-refractivity contribution in [3.8, 4) is 0 Å². The minimum Gasteiger partial charge on any atom is -0.352 e. The van der Waals surface area contributed by atoms with E-state index in [1.807, 2.05) is 0 Å². The predicted octanol–water partition coefficient (Wildman–Crippen LogP) is 1.65. The fourth-order valence-electron chi connectivity index (χ4n) is 1.65. The van der Waals surface area contributed by atoms with Crippen LogP contribution in [-0.4, -0.2) is 29.4 Å². The molecule has 5 heteroatoms. The SMILES string of the molecule is O=C(N[C@@H]1CCCSC1)[C@H]1CC1(F)F. The van der Waals surface area contributed by atoms with Gasteiger partial charge in [-0.15, -0.1) is 0 Å². The second-order valence-electron chi connectivity index (χ2n) is 3.94. The highest BCUT2D eigenvalue weighted by Crippen LogP contribution is 2.48. The fraction of sp³-hybridized carbons (Fsp3) is 0.889. The predicted molar refractivity (Wildman–Crippen MR) is 51.5 cm³/mol. The second-order valence-corrected chi connectivity index (χ2v) is 5.09. The lowest BCUT2D eigenvalue weighted by atomic mass is 10.2. The first-order valence-electron chi connectivity index (χ1n) is 4.85. The van der Waals surface area contributed by atoms with Gasteiger partial charge in [0.15, 0.2) is 0 Å². The molecular weight excluding hydrogens is 208 g/mol. The van der Waals surface area contributed by atoms with Crippen molar-refractivity contribution in [2.24, 2.45) is 5.92 Å². The van der Waals surface area contributed by atoms with Gasteiger partial charge in [-0.3, -0.25) is 4.79 Å². The average molecular weight is 221 g/mol. The maximum atomic E-state index is 12.5. The zero-order valence-corrected chi connectivity index (χ0v) is 8.58. The van der Waals surface area contributed by atoms with Crippen LogP contribution in [0.15, 0.2) is 0 Å². The highest BCUT2D eigenvalue weighted by molar-refractivity contribution is 7.99. The smallest absolute Gasteiger partial charge is 0.260 e. The van der Waals surface area contributed by atoms with Gasteiger partial charge in [-0.1, -0.05) is 0 Å². The Kier molecular flexibility index (Phi) is 2.68. The van der Waals surface area contributed by atoms with Gasteiger partial charge in [0.1, 0.15) is 5.92 Å². The van der Waals surface area contributed by atoms with Crippen LogP contribution in [0.1, 0.15) is 19.3 Å². The molecule has 0 aromatic rings. The fourth-order valence-corrected chi connectivity index (χ4v) is 2.73. The minimum atomic E-state index is -2.73. The van der Waals surface area contributed by atoms with Crippen molar-refractivity contribution in [2.75, 3.05) is 11.5 Å². The van der Waals surface area contributed by atoms with Gasteiger partial charge in [0, 0.05) is 18.2 Å². The Hall–Kier alpha value is -0.320. The zero-order chi connectivity index (χ0) is 10.2. The van der Waals surface area contributed by atoms with Crippen molar-refractivity contribution in [3.05, 3.63) is 0 Å². The molecule has 0 aromatic heterocycles. The van der Waals surface area contributed by atoms with E-state index in [1.54, 1.807) is 11.8 Å². The number of nitrogens with one attached hydrogen (secondary N) is 1. The summed E-state index contributed by atoms with van der Waals surface area (Å²) in [6, 6.07) is 0.109. The maximum absolute atomic E-state index is 12.5. The van der Waals surface area contributed by atoms with Gasteiger partial charge in [-0.25, -0.2) is 8.78 Å². The monoisotopic (exact) mass is 221 g/mol. The Morgan fingerprint density at radius 2 is 2.21 bits per heavy atom. The second kappa shape index (κ2) is 3.68. The van der Waals surface area contributed by atoms with Gasteiger partial charge >= 0.3 is 0 Å². The van der Waals surface area contributed by atoms with E-state index < -0.39 is 17.7 Å². The molecule has 1 aliphatic heterocycles. The first kappa shape index (κ1) is 10.2. The van der Waals surface area contributed by atoms with Gasteiger partial charge in [0.25, 0.3) is 5.92 Å². The zero-order valence-electron chi connectivity index (χ0n) is 7.76. The van der Waals surface area contributed by atoms with E-state index in [1.165, 1.54) is 0 Å². The number of alkyl halides is 2. The highest BCUT2D eigenvalue weighted by Gasteiger charge is 2.61. The standard InChI is InChI=1S/C9H13F2NOS/c10-9(11)4-7(9)8(13)12-6-2-1-3-14-5-6/h6-7H,1-5H2,(H,12,13)/t6-,7-/m1/s1. The average Bonchev–Trinajstić information content (AvgIpc) is 2.77. The number of carbonyl (C=O) groups is 1. The number of hydrogen-bond donors (Lipinski definition) is 1. The summed E-state index contributed by atoms with van der Waals surface area (Å²) in [5.74, 6) is -2.25. The van der Waals surface area contributed by atoms with Gasteiger partial charge < -0.3 is 5.32 Å². The number of amides is 1. The lowest BCUT2D eigenvalue weighted by Gasteiger charge is -2.22. The Bertz CT molecular complexity index is 241. The van der Waals surface area contributed by atoms with Crippen LogP contribution in [0.25, 0.3) is 0 Å². The largest absolute Gasteiger partial charge is 0.352 e. The summed E-state index contributed by atoms with van der Waals surface area (Å²) in [5, 5.41) is 2.70.